The molecule has 0 amide bonds. The van der Waals surface area contributed by atoms with Crippen molar-refractivity contribution in [2.24, 2.45) is 5.41 Å². The van der Waals surface area contributed by atoms with Gasteiger partial charge >= 0.3 is 0 Å². The van der Waals surface area contributed by atoms with Crippen molar-refractivity contribution >= 4 is 0 Å². The third-order valence-electron chi connectivity index (χ3n) is 3.66. The number of hydrogen-bond acceptors (Lipinski definition) is 3. The number of ether oxygens (including phenoxy) is 1. The quantitative estimate of drug-likeness (QED) is 0.807. The van der Waals surface area contributed by atoms with Crippen molar-refractivity contribution < 1.29 is 9.84 Å². The topological polar surface area (TPSA) is 41.5 Å². The lowest BCUT2D eigenvalue weighted by atomic mass is 10.1. The molecule has 0 radical (unpaired) electrons. The molecular formula is C13H17NO2. The van der Waals surface area contributed by atoms with Crippen molar-refractivity contribution in [1.82, 2.24) is 5.32 Å². The molecule has 0 bridgehead atoms. The Hall–Kier alpha value is -0.900. The van der Waals surface area contributed by atoms with E-state index in [0.717, 1.165) is 19.4 Å². The van der Waals surface area contributed by atoms with Gasteiger partial charge in [-0.2, -0.15) is 0 Å². The molecule has 1 aliphatic carbocycles. The van der Waals surface area contributed by atoms with Gasteiger partial charge in [-0.05, 0) is 24.0 Å². The Morgan fingerprint density at radius 3 is 2.94 bits per heavy atom. The van der Waals surface area contributed by atoms with Crippen LogP contribution in [0.2, 0.25) is 0 Å². The Balaban J connectivity index is 1.65. The SMILES string of the molecule is OCC1(COC2NCc3ccccc32)CC1. The molecule has 0 saturated heterocycles. The number of hydrogen-bond donors (Lipinski definition) is 2. The highest BCUT2D eigenvalue weighted by atomic mass is 16.5. The van der Waals surface area contributed by atoms with Crippen LogP contribution in [-0.2, 0) is 11.3 Å². The molecule has 1 aromatic carbocycles. The molecule has 1 unspecified atom stereocenters. The Bertz CT molecular complexity index is 387. The summed E-state index contributed by atoms with van der Waals surface area (Å²) in [5.74, 6) is 0. The summed E-state index contributed by atoms with van der Waals surface area (Å²) in [4.78, 5) is 0. The lowest BCUT2D eigenvalue weighted by Gasteiger charge is -2.18. The molecule has 3 rings (SSSR count). The summed E-state index contributed by atoms with van der Waals surface area (Å²) >= 11 is 0. The van der Waals surface area contributed by atoms with Gasteiger partial charge in [-0.1, -0.05) is 24.3 Å². The van der Waals surface area contributed by atoms with E-state index in [1.807, 2.05) is 6.07 Å². The first-order chi connectivity index (χ1) is 7.83. The molecule has 3 nitrogen and oxygen atoms in total. The minimum absolute atomic E-state index is 0.0141. The first kappa shape index (κ1) is 10.3. The van der Waals surface area contributed by atoms with Crippen LogP contribution in [0, 0.1) is 5.41 Å². The van der Waals surface area contributed by atoms with E-state index in [1.165, 1.54) is 11.1 Å². The van der Waals surface area contributed by atoms with E-state index >= 15 is 0 Å². The maximum atomic E-state index is 9.23. The lowest BCUT2D eigenvalue weighted by Crippen LogP contribution is -2.22. The molecule has 0 aromatic heterocycles. The predicted molar refractivity (Wildman–Crippen MR) is 60.7 cm³/mol. The Morgan fingerprint density at radius 1 is 1.38 bits per heavy atom. The summed E-state index contributed by atoms with van der Waals surface area (Å²) in [6, 6.07) is 8.34. The van der Waals surface area contributed by atoms with Gasteiger partial charge in [0, 0.05) is 12.0 Å². The van der Waals surface area contributed by atoms with Crippen LogP contribution in [0.5, 0.6) is 0 Å². The predicted octanol–water partition coefficient (Wildman–Crippen LogP) is 1.58. The van der Waals surface area contributed by atoms with Crippen LogP contribution in [0.4, 0.5) is 0 Å². The summed E-state index contributed by atoms with van der Waals surface area (Å²) in [7, 11) is 0. The second-order valence-electron chi connectivity index (χ2n) is 4.93. The minimum atomic E-state index is 0.0141. The van der Waals surface area contributed by atoms with E-state index in [-0.39, 0.29) is 18.2 Å². The molecule has 3 heteroatoms. The minimum Gasteiger partial charge on any atom is -0.396 e. The third kappa shape index (κ3) is 1.75. The number of benzene rings is 1. The van der Waals surface area contributed by atoms with Gasteiger partial charge in [0.15, 0.2) is 0 Å². The fraction of sp³-hybridized carbons (Fsp3) is 0.538. The maximum absolute atomic E-state index is 9.23. The van der Waals surface area contributed by atoms with Gasteiger partial charge in [-0.25, -0.2) is 0 Å². The highest BCUT2D eigenvalue weighted by molar-refractivity contribution is 5.32. The van der Waals surface area contributed by atoms with Gasteiger partial charge in [0.2, 0.25) is 0 Å². The van der Waals surface area contributed by atoms with Crippen LogP contribution in [-0.4, -0.2) is 18.3 Å². The fourth-order valence-electron chi connectivity index (χ4n) is 2.20. The molecule has 86 valence electrons. The van der Waals surface area contributed by atoms with E-state index < -0.39 is 0 Å². The largest absolute Gasteiger partial charge is 0.396 e. The third-order valence-corrected chi connectivity index (χ3v) is 3.66. The molecular weight excluding hydrogens is 202 g/mol. The van der Waals surface area contributed by atoms with Gasteiger partial charge < -0.3 is 9.84 Å². The molecule has 1 aromatic rings. The number of nitrogens with one attached hydrogen (secondary N) is 1. The summed E-state index contributed by atoms with van der Waals surface area (Å²) < 4.78 is 5.88. The van der Waals surface area contributed by atoms with E-state index in [0.29, 0.717) is 6.61 Å². The zero-order valence-electron chi connectivity index (χ0n) is 9.28. The summed E-state index contributed by atoms with van der Waals surface area (Å²) in [5.41, 5.74) is 2.64. The molecule has 2 N–H and O–H groups in total. The van der Waals surface area contributed by atoms with Gasteiger partial charge in [-0.15, -0.1) is 0 Å². The Labute approximate surface area is 95.4 Å². The Morgan fingerprint density at radius 2 is 2.19 bits per heavy atom. The van der Waals surface area contributed by atoms with E-state index in [1.54, 1.807) is 0 Å². The molecule has 1 fully saturated rings. The molecule has 2 aliphatic rings. The molecule has 1 atom stereocenters. The second kappa shape index (κ2) is 3.84. The molecule has 1 saturated carbocycles. The summed E-state index contributed by atoms with van der Waals surface area (Å²) in [5, 5.41) is 12.6. The van der Waals surface area contributed by atoms with Crippen LogP contribution in [0.15, 0.2) is 24.3 Å². The van der Waals surface area contributed by atoms with Gasteiger partial charge in [0.25, 0.3) is 0 Å². The van der Waals surface area contributed by atoms with Gasteiger partial charge in [-0.3, -0.25) is 5.32 Å². The normalized spacial score (nSPS) is 25.4. The number of rotatable bonds is 4. The van der Waals surface area contributed by atoms with E-state index in [9.17, 15) is 5.11 Å². The average molecular weight is 219 g/mol. The zero-order valence-corrected chi connectivity index (χ0v) is 9.28. The van der Waals surface area contributed by atoms with E-state index in [4.69, 9.17) is 4.74 Å². The molecule has 1 aliphatic heterocycles. The number of aliphatic hydroxyl groups excluding tert-OH is 1. The maximum Gasteiger partial charge on any atom is 0.134 e. The average Bonchev–Trinajstić information content (AvgIpc) is 3.01. The summed E-state index contributed by atoms with van der Waals surface area (Å²) in [6.07, 6.45) is 2.20. The summed E-state index contributed by atoms with van der Waals surface area (Å²) in [6.45, 7) is 1.80. The van der Waals surface area contributed by atoms with Crippen molar-refractivity contribution in [3.8, 4) is 0 Å². The van der Waals surface area contributed by atoms with Gasteiger partial charge in [0.1, 0.15) is 6.23 Å². The highest BCUT2D eigenvalue weighted by Gasteiger charge is 2.43. The lowest BCUT2D eigenvalue weighted by molar-refractivity contribution is -0.00704. The second-order valence-corrected chi connectivity index (χ2v) is 4.93. The van der Waals surface area contributed by atoms with Crippen LogP contribution in [0.25, 0.3) is 0 Å². The fourth-order valence-corrected chi connectivity index (χ4v) is 2.20. The highest BCUT2D eigenvalue weighted by Crippen LogP contribution is 2.46. The van der Waals surface area contributed by atoms with Crippen LogP contribution in [0.3, 0.4) is 0 Å². The van der Waals surface area contributed by atoms with Crippen molar-refractivity contribution in [2.45, 2.75) is 25.6 Å². The molecule has 0 spiro atoms. The number of aliphatic hydroxyl groups is 1. The van der Waals surface area contributed by atoms with Crippen LogP contribution < -0.4 is 5.32 Å². The Kier molecular flexibility index (Phi) is 2.46. The van der Waals surface area contributed by atoms with Crippen molar-refractivity contribution in [2.75, 3.05) is 13.2 Å². The van der Waals surface area contributed by atoms with Crippen molar-refractivity contribution in [3.05, 3.63) is 35.4 Å². The van der Waals surface area contributed by atoms with Crippen molar-refractivity contribution in [3.63, 3.8) is 0 Å². The van der Waals surface area contributed by atoms with Crippen LogP contribution >= 0.6 is 0 Å². The first-order valence-electron chi connectivity index (χ1n) is 5.87. The standard InChI is InChI=1S/C13H17NO2/c15-8-13(5-6-13)9-16-12-11-4-2-1-3-10(11)7-14-12/h1-4,12,14-15H,5-9H2. The smallest absolute Gasteiger partial charge is 0.134 e. The van der Waals surface area contributed by atoms with Crippen LogP contribution in [0.1, 0.15) is 30.2 Å². The monoisotopic (exact) mass is 219 g/mol. The molecule has 1 heterocycles. The first-order valence-corrected chi connectivity index (χ1v) is 5.87. The number of fused-ring (bicyclic) bond motifs is 1. The molecule has 16 heavy (non-hydrogen) atoms. The van der Waals surface area contributed by atoms with E-state index in [2.05, 4.69) is 23.5 Å². The van der Waals surface area contributed by atoms with Gasteiger partial charge in [0.05, 0.1) is 13.2 Å². The zero-order chi connectivity index (χ0) is 11.0. The van der Waals surface area contributed by atoms with Crippen molar-refractivity contribution in [1.29, 1.82) is 0 Å².